The lowest BCUT2D eigenvalue weighted by Gasteiger charge is -2.43. The Morgan fingerprint density at radius 1 is 1.23 bits per heavy atom. The van der Waals surface area contributed by atoms with E-state index in [1.807, 2.05) is 27.7 Å². The fourth-order valence-electron chi connectivity index (χ4n) is 5.38. The van der Waals surface area contributed by atoms with E-state index < -0.39 is 21.5 Å². The molecule has 3 aromatic rings. The normalized spacial score (nSPS) is 21.4. The number of halogens is 1. The van der Waals surface area contributed by atoms with Crippen LogP contribution in [0.5, 0.6) is 0 Å². The number of anilines is 2. The smallest absolute Gasteiger partial charge is 0.407 e. The minimum Gasteiger partial charge on any atom is -0.444 e. The van der Waals surface area contributed by atoms with E-state index in [0.717, 1.165) is 12.8 Å². The summed E-state index contributed by atoms with van der Waals surface area (Å²) in [6.07, 6.45) is 4.98. The topological polar surface area (TPSA) is 154 Å². The van der Waals surface area contributed by atoms with Gasteiger partial charge in [0.2, 0.25) is 9.84 Å². The number of ether oxygens (including phenoxy) is 2. The first-order chi connectivity index (χ1) is 18.3. The number of aromatic nitrogens is 4. The van der Waals surface area contributed by atoms with E-state index in [0.29, 0.717) is 31.0 Å². The molecule has 14 heteroatoms. The maximum absolute atomic E-state index is 13.5. The highest BCUT2D eigenvalue weighted by Crippen LogP contribution is 2.43. The fourth-order valence-corrected chi connectivity index (χ4v) is 7.17. The first-order valence-corrected chi connectivity index (χ1v) is 14.5. The van der Waals surface area contributed by atoms with E-state index in [-0.39, 0.29) is 38.3 Å². The second-order valence-electron chi connectivity index (χ2n) is 11.0. The SMILES string of the molecule is C[C@@H]1OCC2(CCN(c3ncc(S(=O)(=O)c4ccnc(N)c4Cl)n4nccc34)CC2)[C@@H]1NC(=O)OC(C)(C)C. The number of carbonyl (C=O) groups is 1. The first-order valence-electron chi connectivity index (χ1n) is 12.7. The van der Waals surface area contributed by atoms with Crippen LogP contribution >= 0.6 is 11.6 Å². The van der Waals surface area contributed by atoms with Gasteiger partial charge in [-0.25, -0.2) is 27.7 Å². The van der Waals surface area contributed by atoms with E-state index in [4.69, 9.17) is 26.8 Å². The Labute approximate surface area is 231 Å². The summed E-state index contributed by atoms with van der Waals surface area (Å²) in [5.74, 6) is 0.538. The highest BCUT2D eigenvalue weighted by atomic mass is 35.5. The molecule has 0 aromatic carbocycles. The largest absolute Gasteiger partial charge is 0.444 e. The Morgan fingerprint density at radius 3 is 2.64 bits per heavy atom. The molecule has 5 rings (SSSR count). The van der Waals surface area contributed by atoms with Crippen LogP contribution in [0.25, 0.3) is 5.52 Å². The molecular weight excluding hydrogens is 546 g/mol. The molecule has 2 atom stereocenters. The summed E-state index contributed by atoms with van der Waals surface area (Å²) >= 11 is 6.18. The predicted molar refractivity (Wildman–Crippen MR) is 145 cm³/mol. The minimum atomic E-state index is -4.09. The molecule has 39 heavy (non-hydrogen) atoms. The molecule has 5 heterocycles. The standard InChI is InChI=1S/C25H32ClN7O5S/c1-15-20(31-23(34)38-24(2,3)4)25(14-37-15)7-11-32(12-8-25)22-16-5-10-30-33(16)18(13-29-22)39(35,36)17-6-9-28-21(27)19(17)26/h5-6,9-10,13,15,20H,7-8,11-12,14H2,1-4H3,(H2,27,28)(H,31,34)/t15-,20+/m0/s1. The summed E-state index contributed by atoms with van der Waals surface area (Å²) in [5, 5.41) is 7.04. The van der Waals surface area contributed by atoms with Crippen LogP contribution in [0.1, 0.15) is 40.5 Å². The van der Waals surface area contributed by atoms with Crippen LogP contribution in [0.2, 0.25) is 5.02 Å². The molecular formula is C25H32ClN7O5S. The number of amides is 1. The number of hydrogen-bond acceptors (Lipinski definition) is 10. The van der Waals surface area contributed by atoms with Crippen molar-refractivity contribution in [1.82, 2.24) is 24.9 Å². The van der Waals surface area contributed by atoms with Gasteiger partial charge in [-0.3, -0.25) is 0 Å². The molecule has 0 saturated carbocycles. The second-order valence-corrected chi connectivity index (χ2v) is 13.3. The molecule has 210 valence electrons. The Morgan fingerprint density at radius 2 is 1.95 bits per heavy atom. The van der Waals surface area contributed by atoms with Gasteiger partial charge in [0.15, 0.2) is 10.8 Å². The average Bonchev–Trinajstić information content (AvgIpc) is 3.46. The summed E-state index contributed by atoms with van der Waals surface area (Å²) in [4.78, 5) is 22.9. The number of carbonyl (C=O) groups excluding carboxylic acids is 1. The van der Waals surface area contributed by atoms with Gasteiger partial charge >= 0.3 is 6.09 Å². The number of piperidine rings is 1. The van der Waals surface area contributed by atoms with Crippen molar-refractivity contribution in [3.8, 4) is 0 Å². The van der Waals surface area contributed by atoms with Gasteiger partial charge in [-0.15, -0.1) is 0 Å². The summed E-state index contributed by atoms with van der Waals surface area (Å²) in [5.41, 5.74) is 5.44. The summed E-state index contributed by atoms with van der Waals surface area (Å²) in [7, 11) is -4.09. The van der Waals surface area contributed by atoms with E-state index in [1.54, 1.807) is 6.07 Å². The van der Waals surface area contributed by atoms with Crippen LogP contribution in [-0.4, -0.2) is 71.5 Å². The highest BCUT2D eigenvalue weighted by molar-refractivity contribution is 7.91. The third-order valence-corrected chi connectivity index (χ3v) is 9.57. The van der Waals surface area contributed by atoms with Crippen LogP contribution in [0.3, 0.4) is 0 Å². The predicted octanol–water partition coefficient (Wildman–Crippen LogP) is 3.09. The van der Waals surface area contributed by atoms with E-state index in [2.05, 4.69) is 25.3 Å². The first kappa shape index (κ1) is 27.4. The molecule has 1 amide bonds. The van der Waals surface area contributed by atoms with Gasteiger partial charge in [-0.2, -0.15) is 5.10 Å². The van der Waals surface area contributed by atoms with E-state index in [9.17, 15) is 13.2 Å². The van der Waals surface area contributed by atoms with Gasteiger partial charge in [-0.1, -0.05) is 11.6 Å². The lowest BCUT2D eigenvalue weighted by Crippen LogP contribution is -2.55. The van der Waals surface area contributed by atoms with E-state index >= 15 is 0 Å². The number of hydrogen-bond donors (Lipinski definition) is 2. The molecule has 3 aromatic heterocycles. The number of nitrogens with two attached hydrogens (primary N) is 1. The van der Waals surface area contributed by atoms with Crippen molar-refractivity contribution < 1.29 is 22.7 Å². The molecule has 2 saturated heterocycles. The average molecular weight is 578 g/mol. The molecule has 3 N–H and O–H groups in total. The van der Waals surface area contributed by atoms with E-state index in [1.165, 1.54) is 29.2 Å². The summed E-state index contributed by atoms with van der Waals surface area (Å²) in [6, 6.07) is 2.83. The summed E-state index contributed by atoms with van der Waals surface area (Å²) < 4.78 is 39.8. The van der Waals surface area contributed by atoms with Crippen LogP contribution in [0.4, 0.5) is 16.4 Å². The molecule has 2 aliphatic rings. The number of sulfone groups is 1. The van der Waals surface area contributed by atoms with Gasteiger partial charge in [0.25, 0.3) is 0 Å². The van der Waals surface area contributed by atoms with Crippen molar-refractivity contribution in [3.05, 3.63) is 35.7 Å². The summed E-state index contributed by atoms with van der Waals surface area (Å²) in [6.45, 7) is 9.25. The van der Waals surface area contributed by atoms with Crippen molar-refractivity contribution in [2.24, 2.45) is 5.41 Å². The molecule has 0 unspecified atom stereocenters. The van der Waals surface area contributed by atoms with Gasteiger partial charge < -0.3 is 25.4 Å². The van der Waals surface area contributed by atoms with Crippen LogP contribution in [-0.2, 0) is 19.3 Å². The highest BCUT2D eigenvalue weighted by Gasteiger charge is 2.50. The maximum Gasteiger partial charge on any atom is 0.407 e. The number of pyridine rings is 1. The Kier molecular flexibility index (Phi) is 6.88. The number of nitrogen functional groups attached to an aromatic ring is 1. The molecule has 1 spiro atoms. The van der Waals surface area contributed by atoms with Gasteiger partial charge in [0.1, 0.15) is 22.0 Å². The lowest BCUT2D eigenvalue weighted by atomic mass is 9.73. The second kappa shape index (κ2) is 9.79. The van der Waals surface area contributed by atoms with Crippen molar-refractivity contribution >= 4 is 44.7 Å². The molecule has 0 aliphatic carbocycles. The third-order valence-electron chi connectivity index (χ3n) is 7.32. The number of rotatable bonds is 4. The zero-order valence-electron chi connectivity index (χ0n) is 22.2. The van der Waals surface area contributed by atoms with Crippen molar-refractivity contribution in [3.63, 3.8) is 0 Å². The maximum atomic E-state index is 13.5. The molecule has 0 bridgehead atoms. The third kappa shape index (κ3) is 4.98. The van der Waals surface area contributed by atoms with Crippen LogP contribution < -0.4 is 16.0 Å². The van der Waals surface area contributed by atoms with Crippen LogP contribution in [0.15, 0.2) is 40.6 Å². The molecule has 12 nitrogen and oxygen atoms in total. The zero-order valence-corrected chi connectivity index (χ0v) is 23.8. The number of nitrogens with one attached hydrogen (secondary N) is 1. The number of alkyl carbamates (subject to hydrolysis) is 1. The van der Waals surface area contributed by atoms with Gasteiger partial charge in [0.05, 0.1) is 36.0 Å². The Bertz CT molecular complexity index is 1510. The lowest BCUT2D eigenvalue weighted by molar-refractivity contribution is 0.0434. The fraction of sp³-hybridized carbons (Fsp3) is 0.520. The van der Waals surface area contributed by atoms with Crippen LogP contribution in [0, 0.1) is 5.41 Å². The van der Waals surface area contributed by atoms with Crippen molar-refractivity contribution in [2.45, 2.75) is 68.2 Å². The quantitative estimate of drug-likeness (QED) is 0.472. The number of fused-ring (bicyclic) bond motifs is 1. The molecule has 2 aliphatic heterocycles. The Hall–Kier alpha value is -3.16. The van der Waals surface area contributed by atoms with Crippen molar-refractivity contribution in [1.29, 1.82) is 0 Å². The van der Waals surface area contributed by atoms with Gasteiger partial charge in [0, 0.05) is 24.7 Å². The zero-order chi connectivity index (χ0) is 28.2. The monoisotopic (exact) mass is 577 g/mol. The molecule has 2 fully saturated rings. The minimum absolute atomic E-state index is 0.0778. The number of nitrogens with zero attached hydrogens (tertiary/aromatic N) is 5. The Balaban J connectivity index is 1.39. The molecule has 0 radical (unpaired) electrons. The van der Waals surface area contributed by atoms with Gasteiger partial charge in [-0.05, 0) is 52.7 Å². The van der Waals surface area contributed by atoms with Crippen molar-refractivity contribution in [2.75, 3.05) is 30.3 Å².